The number of carbonyl (C=O) groups is 2. The maximum absolute atomic E-state index is 12.2. The molecule has 0 aliphatic rings. The first-order valence-electron chi connectivity index (χ1n) is 8.32. The minimum atomic E-state index is -0.420. The number of rotatable bonds is 7. The quantitative estimate of drug-likeness (QED) is 0.740. The van der Waals surface area contributed by atoms with Gasteiger partial charge in [0.1, 0.15) is 0 Å². The van der Waals surface area contributed by atoms with E-state index in [0.717, 1.165) is 6.54 Å². The standard InChI is InChI=1S/C18H25N5O3/c1-13(12-23-9-5-8-20-23)11-19-18(25)21-15-7-6-14(17(24)26-4)10-16(15)22(2)3/h5-10,13H,11-12H2,1-4H3,(H2,19,21,25). The van der Waals surface area contributed by atoms with Gasteiger partial charge in [-0.2, -0.15) is 5.10 Å². The molecule has 0 aliphatic carbocycles. The van der Waals surface area contributed by atoms with Gasteiger partial charge in [0.05, 0.1) is 24.0 Å². The van der Waals surface area contributed by atoms with E-state index in [1.165, 1.54) is 7.11 Å². The summed E-state index contributed by atoms with van der Waals surface area (Å²) in [6, 6.07) is 6.56. The Kier molecular flexibility index (Phi) is 6.60. The molecule has 2 amide bonds. The minimum Gasteiger partial charge on any atom is -0.465 e. The average molecular weight is 359 g/mol. The largest absolute Gasteiger partial charge is 0.465 e. The van der Waals surface area contributed by atoms with E-state index < -0.39 is 5.97 Å². The zero-order valence-electron chi connectivity index (χ0n) is 15.5. The van der Waals surface area contributed by atoms with E-state index in [-0.39, 0.29) is 11.9 Å². The third kappa shape index (κ3) is 5.23. The smallest absolute Gasteiger partial charge is 0.337 e. The van der Waals surface area contributed by atoms with Crippen molar-refractivity contribution in [1.29, 1.82) is 0 Å². The van der Waals surface area contributed by atoms with Gasteiger partial charge in [0, 0.05) is 39.6 Å². The number of methoxy groups -OCH3 is 1. The zero-order chi connectivity index (χ0) is 19.1. The van der Waals surface area contributed by atoms with E-state index in [4.69, 9.17) is 4.74 Å². The van der Waals surface area contributed by atoms with Crippen LogP contribution in [0.3, 0.4) is 0 Å². The van der Waals surface area contributed by atoms with Gasteiger partial charge < -0.3 is 20.3 Å². The van der Waals surface area contributed by atoms with Gasteiger partial charge in [-0.15, -0.1) is 0 Å². The first kappa shape index (κ1) is 19.3. The third-order valence-corrected chi connectivity index (χ3v) is 3.82. The lowest BCUT2D eigenvalue weighted by Crippen LogP contribution is -2.34. The number of amides is 2. The molecule has 2 rings (SSSR count). The van der Waals surface area contributed by atoms with Crippen molar-refractivity contribution in [2.75, 3.05) is 38.0 Å². The summed E-state index contributed by atoms with van der Waals surface area (Å²) in [5.74, 6) is -0.188. The van der Waals surface area contributed by atoms with Crippen LogP contribution in [0.15, 0.2) is 36.7 Å². The molecule has 8 heteroatoms. The minimum absolute atomic E-state index is 0.232. The molecule has 0 fully saturated rings. The lowest BCUT2D eigenvalue weighted by atomic mass is 10.1. The van der Waals surface area contributed by atoms with Gasteiger partial charge >= 0.3 is 12.0 Å². The molecular weight excluding hydrogens is 334 g/mol. The Bertz CT molecular complexity index is 743. The van der Waals surface area contributed by atoms with Crippen LogP contribution in [-0.2, 0) is 11.3 Å². The van der Waals surface area contributed by atoms with Gasteiger partial charge in [0.15, 0.2) is 0 Å². The van der Waals surface area contributed by atoms with E-state index >= 15 is 0 Å². The van der Waals surface area contributed by atoms with Gasteiger partial charge in [-0.3, -0.25) is 4.68 Å². The average Bonchev–Trinajstić information content (AvgIpc) is 3.12. The number of hydrogen-bond donors (Lipinski definition) is 2. The van der Waals surface area contributed by atoms with Crippen LogP contribution in [0.4, 0.5) is 16.2 Å². The molecular formula is C18H25N5O3. The normalized spacial score (nSPS) is 11.5. The SMILES string of the molecule is COC(=O)c1ccc(NC(=O)NCC(C)Cn2cccn2)c(N(C)C)c1. The Hall–Kier alpha value is -3.03. The number of benzene rings is 1. The summed E-state index contributed by atoms with van der Waals surface area (Å²) in [5.41, 5.74) is 1.75. The number of anilines is 2. The number of hydrogen-bond acceptors (Lipinski definition) is 5. The number of aromatic nitrogens is 2. The van der Waals surface area contributed by atoms with E-state index in [1.54, 1.807) is 24.4 Å². The van der Waals surface area contributed by atoms with Crippen LogP contribution in [0.25, 0.3) is 0 Å². The van der Waals surface area contributed by atoms with Crippen molar-refractivity contribution in [2.45, 2.75) is 13.5 Å². The molecule has 0 bridgehead atoms. The molecule has 140 valence electrons. The summed E-state index contributed by atoms with van der Waals surface area (Å²) in [6.07, 6.45) is 3.62. The Labute approximate surface area is 153 Å². The van der Waals surface area contributed by atoms with Crippen molar-refractivity contribution < 1.29 is 14.3 Å². The second-order valence-corrected chi connectivity index (χ2v) is 6.29. The Morgan fingerprint density at radius 1 is 1.35 bits per heavy atom. The summed E-state index contributed by atoms with van der Waals surface area (Å²) < 4.78 is 6.57. The zero-order valence-corrected chi connectivity index (χ0v) is 15.5. The highest BCUT2D eigenvalue weighted by Gasteiger charge is 2.14. The van der Waals surface area contributed by atoms with Crippen LogP contribution in [0.2, 0.25) is 0 Å². The first-order chi connectivity index (χ1) is 12.4. The van der Waals surface area contributed by atoms with Gasteiger partial charge in [-0.25, -0.2) is 9.59 Å². The Morgan fingerprint density at radius 3 is 2.73 bits per heavy atom. The van der Waals surface area contributed by atoms with Crippen LogP contribution < -0.4 is 15.5 Å². The molecule has 8 nitrogen and oxygen atoms in total. The molecule has 2 aromatic rings. The monoisotopic (exact) mass is 359 g/mol. The first-order valence-corrected chi connectivity index (χ1v) is 8.32. The fourth-order valence-electron chi connectivity index (χ4n) is 2.48. The molecule has 1 atom stereocenters. The van der Waals surface area contributed by atoms with Crippen LogP contribution in [-0.4, -0.2) is 49.5 Å². The molecule has 1 heterocycles. The Balaban J connectivity index is 1.96. The highest BCUT2D eigenvalue weighted by atomic mass is 16.5. The van der Waals surface area contributed by atoms with Gasteiger partial charge in [0.25, 0.3) is 0 Å². The van der Waals surface area contributed by atoms with Crippen molar-refractivity contribution >= 4 is 23.4 Å². The van der Waals surface area contributed by atoms with E-state index in [0.29, 0.717) is 23.5 Å². The lowest BCUT2D eigenvalue weighted by molar-refractivity contribution is 0.0601. The van der Waals surface area contributed by atoms with E-state index in [1.807, 2.05) is 42.9 Å². The summed E-state index contributed by atoms with van der Waals surface area (Å²) >= 11 is 0. The van der Waals surface area contributed by atoms with Crippen LogP contribution in [0, 0.1) is 5.92 Å². The third-order valence-electron chi connectivity index (χ3n) is 3.82. The van der Waals surface area contributed by atoms with Crippen molar-refractivity contribution in [2.24, 2.45) is 5.92 Å². The van der Waals surface area contributed by atoms with Crippen LogP contribution >= 0.6 is 0 Å². The van der Waals surface area contributed by atoms with Crippen molar-refractivity contribution in [3.63, 3.8) is 0 Å². The van der Waals surface area contributed by atoms with Crippen molar-refractivity contribution in [3.05, 3.63) is 42.2 Å². The second-order valence-electron chi connectivity index (χ2n) is 6.29. The van der Waals surface area contributed by atoms with Crippen molar-refractivity contribution in [3.8, 4) is 0 Å². The lowest BCUT2D eigenvalue weighted by Gasteiger charge is -2.19. The van der Waals surface area contributed by atoms with Gasteiger partial charge in [0.2, 0.25) is 0 Å². The van der Waals surface area contributed by atoms with Crippen LogP contribution in [0.1, 0.15) is 17.3 Å². The highest BCUT2D eigenvalue weighted by Crippen LogP contribution is 2.26. The summed E-state index contributed by atoms with van der Waals surface area (Å²) in [5, 5.41) is 9.84. The molecule has 1 aromatic carbocycles. The Morgan fingerprint density at radius 2 is 2.12 bits per heavy atom. The molecule has 1 aromatic heterocycles. The van der Waals surface area contributed by atoms with Gasteiger partial charge in [-0.1, -0.05) is 6.92 Å². The summed E-state index contributed by atoms with van der Waals surface area (Å²) in [6.45, 7) is 3.28. The number of nitrogens with one attached hydrogen (secondary N) is 2. The molecule has 0 saturated carbocycles. The van der Waals surface area contributed by atoms with E-state index in [9.17, 15) is 9.59 Å². The maximum Gasteiger partial charge on any atom is 0.337 e. The predicted molar refractivity (Wildman–Crippen MR) is 101 cm³/mol. The molecule has 0 radical (unpaired) electrons. The number of urea groups is 1. The maximum atomic E-state index is 12.2. The summed E-state index contributed by atoms with van der Waals surface area (Å²) in [4.78, 5) is 25.7. The molecule has 0 aliphatic heterocycles. The molecule has 26 heavy (non-hydrogen) atoms. The molecule has 2 N–H and O–H groups in total. The number of esters is 1. The fourth-order valence-corrected chi connectivity index (χ4v) is 2.48. The second kappa shape index (κ2) is 8.89. The number of carbonyl (C=O) groups excluding carboxylic acids is 2. The van der Waals surface area contributed by atoms with Crippen LogP contribution in [0.5, 0.6) is 0 Å². The highest BCUT2D eigenvalue weighted by molar-refractivity contribution is 5.96. The van der Waals surface area contributed by atoms with Crippen molar-refractivity contribution in [1.82, 2.24) is 15.1 Å². The topological polar surface area (TPSA) is 88.5 Å². The number of nitrogens with zero attached hydrogens (tertiary/aromatic N) is 3. The van der Waals surface area contributed by atoms with Gasteiger partial charge in [-0.05, 0) is 30.2 Å². The molecule has 1 unspecified atom stereocenters. The molecule has 0 spiro atoms. The predicted octanol–water partition coefficient (Wildman–Crippen LogP) is 2.19. The molecule has 0 saturated heterocycles. The fraction of sp³-hybridized carbons (Fsp3) is 0.389. The summed E-state index contributed by atoms with van der Waals surface area (Å²) in [7, 11) is 5.01. The van der Waals surface area contributed by atoms with E-state index in [2.05, 4.69) is 15.7 Å². The number of ether oxygens (including phenoxy) is 1.